The Balaban J connectivity index is 2.71. The second-order valence-electron chi connectivity index (χ2n) is 1.98. The molecular weight excluding hydrogens is 186 g/mol. The van der Waals surface area contributed by atoms with Crippen molar-refractivity contribution in [2.75, 3.05) is 25.5 Å². The summed E-state index contributed by atoms with van der Waals surface area (Å²) in [6.07, 6.45) is 0.669. The molecule has 1 rings (SSSR count). The molecule has 1 saturated heterocycles. The molecule has 1 aliphatic rings. The smallest absolute Gasteiger partial charge is 0.306 e. The first-order valence-corrected chi connectivity index (χ1v) is 5.15. The molecule has 11 heavy (non-hydrogen) atoms. The minimum atomic E-state index is -3.53. The van der Waals surface area contributed by atoms with Gasteiger partial charge in [-0.3, -0.25) is 4.57 Å². The van der Waals surface area contributed by atoms with E-state index in [9.17, 15) is 4.57 Å². The van der Waals surface area contributed by atoms with E-state index in [0.29, 0.717) is 13.0 Å². The molecule has 0 amide bonds. The van der Waals surface area contributed by atoms with E-state index in [1.165, 1.54) is 0 Å². The van der Waals surface area contributed by atoms with E-state index in [1.54, 1.807) is 0 Å². The molecule has 0 spiro atoms. The monoisotopic (exact) mass is 202 g/mol. The molecule has 0 radical (unpaired) electrons. The van der Waals surface area contributed by atoms with Crippen molar-refractivity contribution in [2.24, 2.45) is 0 Å². The number of hydrogen-bond acceptors (Lipinski definition) is 2. The van der Waals surface area contributed by atoms with Crippen LogP contribution >= 0.6 is 19.3 Å². The maximum atomic E-state index is 11.8. The molecule has 0 aromatic rings. The summed E-state index contributed by atoms with van der Waals surface area (Å²) in [4.78, 5) is 0. The molecule has 0 aromatic heterocycles. The number of nitrogens with one attached hydrogen (secondary N) is 2. The van der Waals surface area contributed by atoms with E-state index in [2.05, 4.69) is 5.09 Å². The fourth-order valence-corrected chi connectivity index (χ4v) is 2.09. The van der Waals surface area contributed by atoms with Crippen molar-refractivity contribution < 1.29 is 14.6 Å². The van der Waals surface area contributed by atoms with Crippen molar-refractivity contribution in [3.63, 3.8) is 0 Å². The van der Waals surface area contributed by atoms with Crippen LogP contribution in [-0.2, 0) is 9.09 Å². The summed E-state index contributed by atoms with van der Waals surface area (Å²) in [5, 5.41) is 4.44. The highest BCUT2D eigenvalue weighted by Gasteiger charge is 2.24. The van der Waals surface area contributed by atoms with Crippen LogP contribution in [0.2, 0.25) is 0 Å². The quantitative estimate of drug-likeness (QED) is 0.528. The molecule has 0 bridgehead atoms. The largest absolute Gasteiger partial charge is 0.340 e. The number of alkyl halides is 1. The average Bonchev–Trinajstić information content (AvgIpc) is 2.00. The molecule has 0 saturated carbocycles. The van der Waals surface area contributed by atoms with Gasteiger partial charge >= 0.3 is 7.67 Å². The van der Waals surface area contributed by atoms with E-state index >= 15 is 0 Å². The number of rotatable bonds is 3. The molecule has 1 aliphatic heterocycles. The van der Waals surface area contributed by atoms with Gasteiger partial charge in [-0.2, -0.15) is 0 Å². The van der Waals surface area contributed by atoms with Crippen molar-refractivity contribution in [3.05, 3.63) is 0 Å². The number of hydrogen-bond donors (Lipinski definition) is 2. The summed E-state index contributed by atoms with van der Waals surface area (Å²) in [7, 11) is -3.53. The van der Waals surface area contributed by atoms with Gasteiger partial charge in [0.15, 0.2) is 0 Å². The number of halogens is 1. The van der Waals surface area contributed by atoms with Crippen molar-refractivity contribution in [1.82, 2.24) is 10.2 Å². The third-order valence-electron chi connectivity index (χ3n) is 1.16. The van der Waals surface area contributed by atoms with Gasteiger partial charge in [0.05, 0.1) is 6.61 Å². The van der Waals surface area contributed by atoms with Crippen molar-refractivity contribution in [3.8, 4) is 0 Å². The van der Waals surface area contributed by atoms with E-state index in [4.69, 9.17) is 21.6 Å². The van der Waals surface area contributed by atoms with Crippen LogP contribution in [0.1, 0.15) is 11.9 Å². The Morgan fingerprint density at radius 1 is 1.91 bits per heavy atom. The second kappa shape index (κ2) is 4.43. The minimum absolute atomic E-state index is 0.235. The Morgan fingerprint density at radius 3 is 3.27 bits per heavy atom. The highest BCUT2D eigenvalue weighted by molar-refractivity contribution is 7.54. The first kappa shape index (κ1) is 5.20. The van der Waals surface area contributed by atoms with Crippen molar-refractivity contribution in [2.45, 2.75) is 6.42 Å². The Kier molecular flexibility index (Phi) is 2.09. The van der Waals surface area contributed by atoms with Gasteiger partial charge < -0.3 is 4.52 Å². The summed E-state index contributed by atoms with van der Waals surface area (Å²) in [5.41, 5.74) is 0. The van der Waals surface area contributed by atoms with Crippen LogP contribution in [-0.4, -0.2) is 25.5 Å². The summed E-state index contributed by atoms with van der Waals surface area (Å²) < 4.78 is 45.3. The predicted molar refractivity (Wildman–Crippen MR) is 44.9 cm³/mol. The van der Waals surface area contributed by atoms with E-state index in [0.717, 1.165) is 0 Å². The lowest BCUT2D eigenvalue weighted by molar-refractivity contribution is 0.270. The molecule has 1 unspecified atom stereocenters. The van der Waals surface area contributed by atoms with Crippen LogP contribution in [0.4, 0.5) is 0 Å². The maximum Gasteiger partial charge on any atom is 0.340 e. The maximum absolute atomic E-state index is 11.8. The van der Waals surface area contributed by atoms with E-state index < -0.39 is 20.0 Å². The molecule has 66 valence electrons. The fraction of sp³-hybridized carbons (Fsp3) is 1.00. The van der Waals surface area contributed by atoms with Gasteiger partial charge in [-0.15, -0.1) is 11.6 Å². The third-order valence-corrected chi connectivity index (χ3v) is 2.85. The van der Waals surface area contributed by atoms with Gasteiger partial charge in [0.1, 0.15) is 0 Å². The van der Waals surface area contributed by atoms with E-state index in [-0.39, 0.29) is 6.61 Å². The Bertz CT molecular complexity index is 275. The predicted octanol–water partition coefficient (Wildman–Crippen LogP) is 0.933. The van der Waals surface area contributed by atoms with Gasteiger partial charge in [0.2, 0.25) is 0 Å². The van der Waals surface area contributed by atoms with Gasteiger partial charge in [-0.25, -0.2) is 10.2 Å². The highest BCUT2D eigenvalue weighted by atomic mass is 35.5. The van der Waals surface area contributed by atoms with Gasteiger partial charge in [0, 0.05) is 24.4 Å². The van der Waals surface area contributed by atoms with Gasteiger partial charge in [0.25, 0.3) is 0 Å². The first-order valence-electron chi connectivity index (χ1n) is 5.14. The Labute approximate surface area is 76.8 Å². The molecule has 6 heteroatoms. The summed E-state index contributed by atoms with van der Waals surface area (Å²) in [6.45, 7) is -1.99. The third kappa shape index (κ3) is 3.09. The van der Waals surface area contributed by atoms with Crippen LogP contribution in [0.15, 0.2) is 0 Å². The molecule has 1 atom stereocenters. The van der Waals surface area contributed by atoms with Crippen LogP contribution in [0.25, 0.3) is 0 Å². The minimum Gasteiger partial charge on any atom is -0.306 e. The molecular formula is C5H12ClN2O2P. The zero-order chi connectivity index (χ0) is 11.7. The lowest BCUT2D eigenvalue weighted by Gasteiger charge is -2.24. The lowest BCUT2D eigenvalue weighted by atomic mass is 10.5. The van der Waals surface area contributed by atoms with Crippen molar-refractivity contribution in [1.29, 1.82) is 0 Å². The normalized spacial score (nSPS) is 40.1. The van der Waals surface area contributed by atoms with Crippen LogP contribution < -0.4 is 10.2 Å². The molecule has 1 fully saturated rings. The summed E-state index contributed by atoms with van der Waals surface area (Å²) >= 11 is 5.20. The van der Waals surface area contributed by atoms with Crippen LogP contribution in [0, 0.1) is 0 Å². The lowest BCUT2D eigenvalue weighted by Crippen LogP contribution is -2.30. The van der Waals surface area contributed by atoms with E-state index in [1.807, 2.05) is 5.09 Å². The topological polar surface area (TPSA) is 50.4 Å². The standard InChI is InChI=1S/C5H12ClN2O2P/c6-2-4-8-11(9)7-3-1-5-10-11/h1-5H2,(H2,7,8,9)/i2D2,4D2. The van der Waals surface area contributed by atoms with Crippen molar-refractivity contribution >= 4 is 19.3 Å². The average molecular weight is 203 g/mol. The molecule has 1 heterocycles. The van der Waals surface area contributed by atoms with Gasteiger partial charge in [-0.1, -0.05) is 0 Å². The highest BCUT2D eigenvalue weighted by Crippen LogP contribution is 2.39. The molecule has 0 aliphatic carbocycles. The summed E-state index contributed by atoms with van der Waals surface area (Å²) in [5.74, 6) is -2.67. The first-order chi connectivity index (χ1) is 6.66. The molecule has 0 aromatic carbocycles. The Hall–Kier alpha value is 0.400. The van der Waals surface area contributed by atoms with Gasteiger partial charge in [-0.05, 0) is 6.42 Å². The van der Waals surface area contributed by atoms with Crippen LogP contribution in [0.5, 0.6) is 0 Å². The van der Waals surface area contributed by atoms with Crippen LogP contribution in [0.3, 0.4) is 0 Å². The zero-order valence-electron chi connectivity index (χ0n) is 9.76. The molecule has 2 N–H and O–H groups in total. The zero-order valence-corrected chi connectivity index (χ0v) is 7.41. The fourth-order valence-electron chi connectivity index (χ4n) is 0.704. The Morgan fingerprint density at radius 2 is 2.73 bits per heavy atom. The second-order valence-corrected chi connectivity index (χ2v) is 4.07. The summed E-state index contributed by atoms with van der Waals surface area (Å²) in [6, 6.07) is 0. The molecule has 4 nitrogen and oxygen atoms in total. The SMILES string of the molecule is [2H]C([2H])(Cl)C([2H])([2H])NP1(=O)NCCCO1.